The number of halogens is 1. The second-order valence-electron chi connectivity index (χ2n) is 6.97. The van der Waals surface area contributed by atoms with Crippen LogP contribution in [0, 0.1) is 14.9 Å². The molecule has 0 saturated carbocycles. The monoisotopic (exact) mass is 548 g/mol. The van der Waals surface area contributed by atoms with Gasteiger partial charge in [0, 0.05) is 0 Å². The summed E-state index contributed by atoms with van der Waals surface area (Å²) in [5, 5.41) is 8.91. The van der Waals surface area contributed by atoms with Gasteiger partial charge in [-0.2, -0.15) is 5.26 Å². The Morgan fingerprint density at radius 3 is 2.68 bits per heavy atom. The van der Waals surface area contributed by atoms with E-state index in [4.69, 9.17) is 9.47 Å². The highest BCUT2D eigenvalue weighted by atomic mass is 127. The Morgan fingerprint density at radius 1 is 1.26 bits per heavy atom. The van der Waals surface area contributed by atoms with Crippen LogP contribution in [0.3, 0.4) is 0 Å². The maximum absolute atomic E-state index is 12.9. The maximum atomic E-state index is 12.9. The maximum Gasteiger partial charge on any atom is 0.293 e. The van der Waals surface area contributed by atoms with Gasteiger partial charge in [-0.3, -0.25) is 14.5 Å². The number of rotatable bonds is 7. The Balaban J connectivity index is 1.89. The first kappa shape index (κ1) is 23.2. The molecule has 1 heterocycles. The van der Waals surface area contributed by atoms with Crippen LogP contribution in [-0.2, 0) is 11.3 Å². The third kappa shape index (κ3) is 5.40. The molecule has 2 aromatic carbocycles. The van der Waals surface area contributed by atoms with Gasteiger partial charge in [0.05, 0.1) is 39.4 Å². The summed E-state index contributed by atoms with van der Waals surface area (Å²) in [5.74, 6) is 0.880. The van der Waals surface area contributed by atoms with Crippen molar-refractivity contribution in [3.63, 3.8) is 0 Å². The van der Waals surface area contributed by atoms with Crippen molar-refractivity contribution in [2.45, 2.75) is 33.4 Å². The Bertz CT molecular complexity index is 1090. The van der Waals surface area contributed by atoms with E-state index in [1.165, 1.54) is 0 Å². The number of benzene rings is 2. The molecule has 1 fully saturated rings. The third-order valence-electron chi connectivity index (χ3n) is 4.32. The molecule has 1 saturated heterocycles. The van der Waals surface area contributed by atoms with E-state index in [0.717, 1.165) is 25.8 Å². The number of carbonyl (C=O) groups is 2. The van der Waals surface area contributed by atoms with Crippen LogP contribution in [0.15, 0.2) is 41.3 Å². The summed E-state index contributed by atoms with van der Waals surface area (Å²) in [7, 11) is 0. The second kappa shape index (κ2) is 10.2. The highest BCUT2D eigenvalue weighted by Crippen LogP contribution is 2.38. The van der Waals surface area contributed by atoms with Crippen molar-refractivity contribution in [3.8, 4) is 17.6 Å². The average molecular weight is 548 g/mol. The SMILES string of the molecule is CCOc1cc(/C=C2/SC(=O)N(Cc3ccccc3C#N)C2=O)cc(I)c1OC(C)C. The average Bonchev–Trinajstić information content (AvgIpc) is 2.98. The van der Waals surface area contributed by atoms with Crippen LogP contribution in [0.25, 0.3) is 6.08 Å². The third-order valence-corrected chi connectivity index (χ3v) is 6.03. The van der Waals surface area contributed by atoms with Crippen LogP contribution in [-0.4, -0.2) is 28.8 Å². The van der Waals surface area contributed by atoms with Crippen molar-refractivity contribution in [2.24, 2.45) is 0 Å². The number of nitrogens with zero attached hydrogens (tertiary/aromatic N) is 2. The molecule has 0 N–H and O–H groups in total. The van der Waals surface area contributed by atoms with Crippen molar-refractivity contribution in [1.29, 1.82) is 5.26 Å². The molecule has 160 valence electrons. The van der Waals surface area contributed by atoms with Gasteiger partial charge in [-0.05, 0) is 90.5 Å². The van der Waals surface area contributed by atoms with E-state index in [0.29, 0.717) is 34.1 Å². The molecule has 0 bridgehead atoms. The molecule has 2 aromatic rings. The number of ether oxygens (including phenoxy) is 2. The first-order valence-electron chi connectivity index (χ1n) is 9.70. The number of thioether (sulfide) groups is 1. The fourth-order valence-corrected chi connectivity index (χ4v) is 4.60. The highest BCUT2D eigenvalue weighted by molar-refractivity contribution is 14.1. The van der Waals surface area contributed by atoms with Crippen LogP contribution < -0.4 is 9.47 Å². The molecule has 0 atom stereocenters. The lowest BCUT2D eigenvalue weighted by Gasteiger charge is -2.17. The van der Waals surface area contributed by atoms with Gasteiger partial charge in [0.25, 0.3) is 11.1 Å². The van der Waals surface area contributed by atoms with E-state index in [1.807, 2.05) is 32.9 Å². The van der Waals surface area contributed by atoms with E-state index in [9.17, 15) is 14.9 Å². The summed E-state index contributed by atoms with van der Waals surface area (Å²) < 4.78 is 12.5. The van der Waals surface area contributed by atoms with Gasteiger partial charge in [-0.1, -0.05) is 18.2 Å². The molecule has 0 radical (unpaired) electrons. The van der Waals surface area contributed by atoms with Crippen molar-refractivity contribution in [1.82, 2.24) is 4.90 Å². The molecule has 0 unspecified atom stereocenters. The van der Waals surface area contributed by atoms with Crippen LogP contribution in [0.2, 0.25) is 0 Å². The fourth-order valence-electron chi connectivity index (χ4n) is 3.01. The van der Waals surface area contributed by atoms with Gasteiger partial charge in [0.1, 0.15) is 0 Å². The van der Waals surface area contributed by atoms with Gasteiger partial charge in [-0.15, -0.1) is 0 Å². The topological polar surface area (TPSA) is 79.6 Å². The van der Waals surface area contributed by atoms with Crippen LogP contribution in [0.1, 0.15) is 37.5 Å². The first-order chi connectivity index (χ1) is 14.8. The minimum atomic E-state index is -0.377. The second-order valence-corrected chi connectivity index (χ2v) is 9.12. The Kier molecular flexibility index (Phi) is 7.62. The van der Waals surface area contributed by atoms with Crippen LogP contribution in [0.4, 0.5) is 4.79 Å². The summed E-state index contributed by atoms with van der Waals surface area (Å²) in [6.45, 7) is 6.32. The van der Waals surface area contributed by atoms with Crippen molar-refractivity contribution < 1.29 is 19.1 Å². The predicted molar refractivity (Wildman–Crippen MR) is 129 cm³/mol. The van der Waals surface area contributed by atoms with Crippen LogP contribution in [0.5, 0.6) is 11.5 Å². The van der Waals surface area contributed by atoms with Crippen molar-refractivity contribution in [3.05, 3.63) is 61.6 Å². The number of hydrogen-bond acceptors (Lipinski definition) is 6. The molecule has 6 nitrogen and oxygen atoms in total. The number of amides is 2. The molecule has 2 amide bonds. The smallest absolute Gasteiger partial charge is 0.293 e. The summed E-state index contributed by atoms with van der Waals surface area (Å²) in [5.41, 5.74) is 1.82. The Hall–Kier alpha value is -2.51. The van der Waals surface area contributed by atoms with Gasteiger partial charge in [0.2, 0.25) is 0 Å². The number of nitriles is 1. The normalized spacial score (nSPS) is 15.0. The molecule has 31 heavy (non-hydrogen) atoms. The molecule has 0 aliphatic carbocycles. The van der Waals surface area contributed by atoms with Crippen molar-refractivity contribution in [2.75, 3.05) is 6.61 Å². The predicted octanol–water partition coefficient (Wildman–Crippen LogP) is 5.59. The largest absolute Gasteiger partial charge is 0.490 e. The molecular formula is C23H21IN2O4S. The van der Waals surface area contributed by atoms with E-state index in [1.54, 1.807) is 30.3 Å². The Morgan fingerprint density at radius 2 is 2.00 bits per heavy atom. The minimum absolute atomic E-state index is 0.00800. The Labute approximate surface area is 199 Å². The molecule has 8 heteroatoms. The van der Waals surface area contributed by atoms with E-state index in [2.05, 4.69) is 28.7 Å². The summed E-state index contributed by atoms with van der Waals surface area (Å²) in [4.78, 5) is 26.9. The number of imide groups is 1. The van der Waals surface area contributed by atoms with E-state index < -0.39 is 0 Å². The zero-order valence-corrected chi connectivity index (χ0v) is 20.3. The van der Waals surface area contributed by atoms with Gasteiger partial charge >= 0.3 is 0 Å². The lowest BCUT2D eigenvalue weighted by molar-refractivity contribution is -0.123. The number of hydrogen-bond donors (Lipinski definition) is 0. The summed E-state index contributed by atoms with van der Waals surface area (Å²) in [6, 6.07) is 12.7. The first-order valence-corrected chi connectivity index (χ1v) is 11.6. The van der Waals surface area contributed by atoms with Crippen molar-refractivity contribution >= 4 is 51.6 Å². The molecular weight excluding hydrogens is 527 g/mol. The standard InChI is InChI=1S/C23H21IN2O4S/c1-4-29-19-10-15(9-18(24)21(19)30-14(2)3)11-20-22(27)26(23(28)31-20)13-17-8-6-5-7-16(17)12-25/h5-11,14H,4,13H2,1-3H3/b20-11+. The molecule has 1 aliphatic heterocycles. The lowest BCUT2D eigenvalue weighted by atomic mass is 10.1. The number of carbonyl (C=O) groups excluding carboxylic acids is 2. The summed E-state index contributed by atoms with van der Waals surface area (Å²) in [6.07, 6.45) is 1.68. The van der Waals surface area contributed by atoms with Gasteiger partial charge in [0.15, 0.2) is 11.5 Å². The quantitative estimate of drug-likeness (QED) is 0.332. The molecule has 0 aromatic heterocycles. The fraction of sp³-hybridized carbons (Fsp3) is 0.261. The molecule has 3 rings (SSSR count). The zero-order chi connectivity index (χ0) is 22.5. The van der Waals surface area contributed by atoms with Crippen LogP contribution >= 0.6 is 34.4 Å². The minimum Gasteiger partial charge on any atom is -0.490 e. The van der Waals surface area contributed by atoms with Gasteiger partial charge < -0.3 is 9.47 Å². The van der Waals surface area contributed by atoms with E-state index >= 15 is 0 Å². The molecule has 1 aliphatic rings. The van der Waals surface area contributed by atoms with Gasteiger partial charge in [-0.25, -0.2) is 0 Å². The lowest BCUT2D eigenvalue weighted by Crippen LogP contribution is -2.27. The zero-order valence-electron chi connectivity index (χ0n) is 17.3. The van der Waals surface area contributed by atoms with E-state index in [-0.39, 0.29) is 23.8 Å². The summed E-state index contributed by atoms with van der Waals surface area (Å²) >= 11 is 3.06. The highest BCUT2D eigenvalue weighted by Gasteiger charge is 2.35. The molecule has 0 spiro atoms.